The van der Waals surface area contributed by atoms with Gasteiger partial charge in [-0.25, -0.2) is 0 Å². The van der Waals surface area contributed by atoms with E-state index in [1.165, 1.54) is 5.56 Å². The minimum atomic E-state index is -0.458. The first-order valence-electron chi connectivity index (χ1n) is 9.53. The van der Waals surface area contributed by atoms with E-state index < -0.39 is 5.91 Å². The molecule has 0 unspecified atom stereocenters. The summed E-state index contributed by atoms with van der Waals surface area (Å²) < 4.78 is 7.41. The molecule has 31 heavy (non-hydrogen) atoms. The fraction of sp³-hybridized carbons (Fsp3) is 0.120. The first-order chi connectivity index (χ1) is 14.9. The Morgan fingerprint density at radius 2 is 1.68 bits per heavy atom. The highest BCUT2D eigenvalue weighted by molar-refractivity contribution is 9.11. The van der Waals surface area contributed by atoms with Gasteiger partial charge in [-0.2, -0.15) is 5.26 Å². The van der Waals surface area contributed by atoms with E-state index in [0.717, 1.165) is 20.1 Å². The summed E-state index contributed by atoms with van der Waals surface area (Å²) in [4.78, 5) is 12.5. The fourth-order valence-corrected chi connectivity index (χ4v) is 4.45. The lowest BCUT2D eigenvalue weighted by Gasteiger charge is -2.12. The van der Waals surface area contributed by atoms with Gasteiger partial charge in [0.1, 0.15) is 24.0 Å². The molecule has 0 spiro atoms. The molecule has 0 saturated carbocycles. The molecule has 0 atom stereocenters. The van der Waals surface area contributed by atoms with Crippen LogP contribution >= 0.6 is 31.9 Å². The van der Waals surface area contributed by atoms with Crippen LogP contribution in [-0.4, -0.2) is 5.91 Å². The van der Waals surface area contributed by atoms with E-state index in [2.05, 4.69) is 43.2 Å². The lowest BCUT2D eigenvalue weighted by Crippen LogP contribution is -2.13. The van der Waals surface area contributed by atoms with Gasteiger partial charge in [-0.1, -0.05) is 42.0 Å². The highest BCUT2D eigenvalue weighted by Gasteiger charge is 2.13. The monoisotopic (exact) mass is 538 g/mol. The standard InChI is InChI=1S/C25H20Br2N2O2/c1-16-5-3-7-18(9-16)15-31-24-22(26)12-19(13-23(24)27)11-20(14-28)25(30)29-21-8-4-6-17(2)10-21/h3-13H,15H2,1-2H3,(H,29,30)/b20-11-. The Bertz CT molecular complexity index is 1170. The van der Waals surface area contributed by atoms with E-state index in [1.807, 2.05) is 68.4 Å². The quantitative estimate of drug-likeness (QED) is 0.272. The van der Waals surface area contributed by atoms with Crippen molar-refractivity contribution >= 4 is 49.5 Å². The number of halogens is 2. The number of benzene rings is 3. The first kappa shape index (κ1) is 22.8. The minimum Gasteiger partial charge on any atom is -0.487 e. The van der Waals surface area contributed by atoms with Gasteiger partial charge in [0.15, 0.2) is 0 Å². The van der Waals surface area contributed by atoms with Crippen molar-refractivity contribution in [3.05, 3.63) is 97.4 Å². The summed E-state index contributed by atoms with van der Waals surface area (Å²) in [5.41, 5.74) is 4.61. The Kier molecular flexibility index (Phi) is 7.67. The van der Waals surface area contributed by atoms with Crippen molar-refractivity contribution in [1.29, 1.82) is 5.26 Å². The second kappa shape index (κ2) is 10.4. The molecular formula is C25H20Br2N2O2. The van der Waals surface area contributed by atoms with Gasteiger partial charge in [0.05, 0.1) is 8.95 Å². The highest BCUT2D eigenvalue weighted by Crippen LogP contribution is 2.36. The SMILES string of the molecule is Cc1cccc(COc2c(Br)cc(/C=C(/C#N)C(=O)Nc3cccc(C)c3)cc2Br)c1. The first-order valence-corrected chi connectivity index (χ1v) is 11.1. The van der Waals surface area contributed by atoms with Crippen LogP contribution in [0.4, 0.5) is 5.69 Å². The molecule has 6 heteroatoms. The summed E-state index contributed by atoms with van der Waals surface area (Å²) in [5, 5.41) is 12.2. The average molecular weight is 540 g/mol. The third kappa shape index (κ3) is 6.30. The topological polar surface area (TPSA) is 62.1 Å². The third-order valence-electron chi connectivity index (χ3n) is 4.44. The van der Waals surface area contributed by atoms with E-state index >= 15 is 0 Å². The maximum atomic E-state index is 12.5. The maximum absolute atomic E-state index is 12.5. The molecule has 0 aliphatic carbocycles. The molecule has 0 bridgehead atoms. The number of nitrogens with zero attached hydrogens (tertiary/aromatic N) is 1. The van der Waals surface area contributed by atoms with Crippen molar-refractivity contribution in [2.75, 3.05) is 5.32 Å². The van der Waals surface area contributed by atoms with Crippen molar-refractivity contribution in [2.24, 2.45) is 0 Å². The molecular weight excluding hydrogens is 520 g/mol. The van der Waals surface area contributed by atoms with Crippen molar-refractivity contribution in [2.45, 2.75) is 20.5 Å². The van der Waals surface area contributed by atoms with E-state index in [0.29, 0.717) is 23.6 Å². The molecule has 3 aromatic rings. The van der Waals surface area contributed by atoms with E-state index in [4.69, 9.17) is 4.74 Å². The number of carbonyl (C=O) groups excluding carboxylic acids is 1. The van der Waals surface area contributed by atoms with E-state index in [-0.39, 0.29) is 5.57 Å². The lowest BCUT2D eigenvalue weighted by atomic mass is 10.1. The van der Waals surface area contributed by atoms with Crippen molar-refractivity contribution in [3.8, 4) is 11.8 Å². The van der Waals surface area contributed by atoms with Crippen LogP contribution in [0.3, 0.4) is 0 Å². The van der Waals surface area contributed by atoms with Gasteiger partial charge in [0, 0.05) is 5.69 Å². The fourth-order valence-electron chi connectivity index (χ4n) is 2.99. The van der Waals surface area contributed by atoms with E-state index in [9.17, 15) is 10.1 Å². The number of rotatable bonds is 6. The van der Waals surface area contributed by atoms with Crippen LogP contribution in [0.2, 0.25) is 0 Å². The molecule has 0 fully saturated rings. The normalized spacial score (nSPS) is 11.0. The van der Waals surface area contributed by atoms with Gasteiger partial charge in [-0.15, -0.1) is 0 Å². The minimum absolute atomic E-state index is 0.00809. The summed E-state index contributed by atoms with van der Waals surface area (Å²) in [5.74, 6) is 0.196. The summed E-state index contributed by atoms with van der Waals surface area (Å²) in [6.07, 6.45) is 1.55. The number of carbonyl (C=O) groups is 1. The van der Waals surface area contributed by atoms with Crippen LogP contribution in [0.15, 0.2) is 75.2 Å². The Balaban J connectivity index is 1.77. The zero-order valence-electron chi connectivity index (χ0n) is 17.1. The van der Waals surface area contributed by atoms with Gasteiger partial charge < -0.3 is 10.1 Å². The molecule has 3 rings (SSSR count). The van der Waals surface area contributed by atoms with Gasteiger partial charge in [-0.3, -0.25) is 4.79 Å². The number of hydrogen-bond acceptors (Lipinski definition) is 3. The second-order valence-corrected chi connectivity index (χ2v) is 8.79. The van der Waals surface area contributed by atoms with Gasteiger partial charge >= 0.3 is 0 Å². The molecule has 1 N–H and O–H groups in total. The van der Waals surface area contributed by atoms with Gasteiger partial charge in [0.25, 0.3) is 5.91 Å². The van der Waals surface area contributed by atoms with Crippen LogP contribution in [0.1, 0.15) is 22.3 Å². The molecule has 0 radical (unpaired) electrons. The molecule has 0 aliphatic rings. The molecule has 4 nitrogen and oxygen atoms in total. The molecule has 0 aliphatic heterocycles. The average Bonchev–Trinajstić information content (AvgIpc) is 2.71. The predicted octanol–water partition coefficient (Wildman–Crippen LogP) is 6.95. The largest absolute Gasteiger partial charge is 0.487 e. The zero-order chi connectivity index (χ0) is 22.4. The van der Waals surface area contributed by atoms with Crippen LogP contribution in [0.25, 0.3) is 6.08 Å². The molecule has 1 amide bonds. The van der Waals surface area contributed by atoms with E-state index in [1.54, 1.807) is 12.1 Å². The van der Waals surface area contributed by atoms with Gasteiger partial charge in [-0.05, 0) is 92.7 Å². The molecule has 0 aromatic heterocycles. The second-order valence-electron chi connectivity index (χ2n) is 7.08. The van der Waals surface area contributed by atoms with Crippen LogP contribution in [0, 0.1) is 25.2 Å². The Hall–Kier alpha value is -2.88. The Morgan fingerprint density at radius 1 is 1.03 bits per heavy atom. The summed E-state index contributed by atoms with van der Waals surface area (Å²) in [6.45, 7) is 4.41. The summed E-state index contributed by atoms with van der Waals surface area (Å²) >= 11 is 7.06. The number of nitrogens with one attached hydrogen (secondary N) is 1. The van der Waals surface area contributed by atoms with Crippen LogP contribution in [-0.2, 0) is 11.4 Å². The van der Waals surface area contributed by atoms with Crippen molar-refractivity contribution in [1.82, 2.24) is 0 Å². The maximum Gasteiger partial charge on any atom is 0.266 e. The number of anilines is 1. The third-order valence-corrected chi connectivity index (χ3v) is 5.62. The zero-order valence-corrected chi connectivity index (χ0v) is 20.2. The number of nitriles is 1. The highest BCUT2D eigenvalue weighted by atomic mass is 79.9. The lowest BCUT2D eigenvalue weighted by molar-refractivity contribution is -0.112. The molecule has 0 saturated heterocycles. The van der Waals surface area contributed by atoms with Crippen LogP contribution in [0.5, 0.6) is 5.75 Å². The van der Waals surface area contributed by atoms with Crippen molar-refractivity contribution < 1.29 is 9.53 Å². The number of hydrogen-bond donors (Lipinski definition) is 1. The van der Waals surface area contributed by atoms with Gasteiger partial charge in [0.2, 0.25) is 0 Å². The summed E-state index contributed by atoms with van der Waals surface area (Å²) in [6, 6.07) is 21.2. The smallest absolute Gasteiger partial charge is 0.266 e. The number of aryl methyl sites for hydroxylation is 2. The summed E-state index contributed by atoms with van der Waals surface area (Å²) in [7, 11) is 0. The molecule has 0 heterocycles. The number of ether oxygens (including phenoxy) is 1. The van der Waals surface area contributed by atoms with Crippen LogP contribution < -0.4 is 10.1 Å². The Morgan fingerprint density at radius 3 is 2.29 bits per heavy atom. The molecule has 156 valence electrons. The Labute approximate surface area is 198 Å². The molecule has 3 aromatic carbocycles. The van der Waals surface area contributed by atoms with Crippen molar-refractivity contribution in [3.63, 3.8) is 0 Å². The number of amides is 1. The predicted molar refractivity (Wildman–Crippen MR) is 131 cm³/mol.